The summed E-state index contributed by atoms with van der Waals surface area (Å²) in [6, 6.07) is 13.6. The van der Waals surface area contributed by atoms with E-state index < -0.39 is 0 Å². The van der Waals surface area contributed by atoms with Gasteiger partial charge < -0.3 is 9.73 Å². The largest absolute Gasteiger partial charge is 0.472 e. The lowest BCUT2D eigenvalue weighted by molar-refractivity contribution is 0.0947. The van der Waals surface area contributed by atoms with Crippen molar-refractivity contribution >= 4 is 5.91 Å². The second kappa shape index (κ2) is 7.58. The molecule has 0 aliphatic carbocycles. The number of nitrogens with zero attached hydrogens (tertiary/aromatic N) is 3. The molecule has 0 saturated carbocycles. The summed E-state index contributed by atoms with van der Waals surface area (Å²) >= 11 is 0. The zero-order valence-electron chi connectivity index (χ0n) is 14.5. The quantitative estimate of drug-likeness (QED) is 0.742. The maximum absolute atomic E-state index is 12.2. The Bertz CT molecular complexity index is 842. The van der Waals surface area contributed by atoms with Gasteiger partial charge in [-0.25, -0.2) is 0 Å². The minimum Gasteiger partial charge on any atom is -0.472 e. The number of furan rings is 1. The standard InChI is InChI=1S/C20H22N4O2/c25-20(17-4-2-1-3-5-17)21-9-6-18-13-23(12-16-8-11-26-15-16)14-19-7-10-22-24(18)19/h1-5,7-8,10-11,15,18H,6,9,12-14H2,(H,21,25)/t18-/m0/s1. The summed E-state index contributed by atoms with van der Waals surface area (Å²) < 4.78 is 7.28. The first-order valence-electron chi connectivity index (χ1n) is 8.88. The number of aromatic nitrogens is 2. The molecule has 1 aliphatic rings. The molecule has 6 heteroatoms. The molecule has 134 valence electrons. The number of carbonyl (C=O) groups excluding carboxylic acids is 1. The number of carbonyl (C=O) groups is 1. The minimum atomic E-state index is -0.0302. The Labute approximate surface area is 152 Å². The number of benzene rings is 1. The summed E-state index contributed by atoms with van der Waals surface area (Å²) in [6.07, 6.45) is 6.20. The summed E-state index contributed by atoms with van der Waals surface area (Å²) in [6.45, 7) is 3.25. The molecule has 1 amide bonds. The van der Waals surface area contributed by atoms with Crippen LogP contribution in [-0.2, 0) is 13.1 Å². The molecule has 6 nitrogen and oxygen atoms in total. The molecule has 2 aromatic heterocycles. The lowest BCUT2D eigenvalue weighted by atomic mass is 10.1. The third-order valence-electron chi connectivity index (χ3n) is 4.74. The fourth-order valence-corrected chi connectivity index (χ4v) is 3.48. The average molecular weight is 350 g/mol. The Morgan fingerprint density at radius 1 is 1.23 bits per heavy atom. The minimum absolute atomic E-state index is 0.0302. The summed E-state index contributed by atoms with van der Waals surface area (Å²) in [5, 5.41) is 7.50. The highest BCUT2D eigenvalue weighted by Crippen LogP contribution is 2.24. The molecule has 0 saturated heterocycles. The first-order valence-corrected chi connectivity index (χ1v) is 8.88. The van der Waals surface area contributed by atoms with Crippen LogP contribution in [0.25, 0.3) is 0 Å². The molecular formula is C20H22N4O2. The predicted molar refractivity (Wildman–Crippen MR) is 97.5 cm³/mol. The number of amides is 1. The molecule has 0 spiro atoms. The molecule has 0 fully saturated rings. The van der Waals surface area contributed by atoms with Gasteiger partial charge in [-0.05, 0) is 30.7 Å². The Kier molecular flexibility index (Phi) is 4.84. The van der Waals surface area contributed by atoms with Gasteiger partial charge in [0.25, 0.3) is 5.91 Å². The molecule has 0 unspecified atom stereocenters. The Morgan fingerprint density at radius 3 is 2.92 bits per heavy atom. The normalized spacial score (nSPS) is 17.0. The van der Waals surface area contributed by atoms with Gasteiger partial charge in [0, 0.05) is 43.5 Å². The lowest BCUT2D eigenvalue weighted by Gasteiger charge is -2.33. The zero-order valence-corrected chi connectivity index (χ0v) is 14.5. The van der Waals surface area contributed by atoms with Crippen LogP contribution in [0.15, 0.2) is 65.6 Å². The van der Waals surface area contributed by atoms with Crippen molar-refractivity contribution in [3.63, 3.8) is 0 Å². The molecule has 1 aliphatic heterocycles. The summed E-state index contributed by atoms with van der Waals surface area (Å²) in [5.74, 6) is -0.0302. The lowest BCUT2D eigenvalue weighted by Crippen LogP contribution is -2.38. The third kappa shape index (κ3) is 3.70. The number of hydrogen-bond acceptors (Lipinski definition) is 4. The maximum atomic E-state index is 12.2. The number of nitrogens with one attached hydrogen (secondary N) is 1. The van der Waals surface area contributed by atoms with Crippen LogP contribution in [0.3, 0.4) is 0 Å². The van der Waals surface area contributed by atoms with Gasteiger partial charge in [0.1, 0.15) is 0 Å². The number of fused-ring (bicyclic) bond motifs is 1. The first kappa shape index (κ1) is 16.6. The van der Waals surface area contributed by atoms with Crippen LogP contribution in [-0.4, -0.2) is 33.7 Å². The molecular weight excluding hydrogens is 328 g/mol. The van der Waals surface area contributed by atoms with Gasteiger partial charge >= 0.3 is 0 Å². The predicted octanol–water partition coefficient (Wildman–Crippen LogP) is 2.85. The van der Waals surface area contributed by atoms with Gasteiger partial charge in [-0.2, -0.15) is 5.10 Å². The van der Waals surface area contributed by atoms with Crippen molar-refractivity contribution in [2.45, 2.75) is 25.6 Å². The van der Waals surface area contributed by atoms with Gasteiger partial charge in [-0.1, -0.05) is 18.2 Å². The Balaban J connectivity index is 1.37. The topological polar surface area (TPSA) is 63.3 Å². The van der Waals surface area contributed by atoms with E-state index in [0.717, 1.165) is 26.1 Å². The van der Waals surface area contributed by atoms with E-state index in [0.29, 0.717) is 12.1 Å². The maximum Gasteiger partial charge on any atom is 0.251 e. The summed E-state index contributed by atoms with van der Waals surface area (Å²) in [7, 11) is 0. The fourth-order valence-electron chi connectivity index (χ4n) is 3.48. The van der Waals surface area contributed by atoms with Crippen molar-refractivity contribution in [3.8, 4) is 0 Å². The van der Waals surface area contributed by atoms with Crippen molar-refractivity contribution in [1.82, 2.24) is 20.0 Å². The Hall–Kier alpha value is -2.86. The third-order valence-corrected chi connectivity index (χ3v) is 4.74. The van der Waals surface area contributed by atoms with Crippen LogP contribution >= 0.6 is 0 Å². The van der Waals surface area contributed by atoms with E-state index in [9.17, 15) is 4.79 Å². The molecule has 3 aromatic rings. The molecule has 1 aromatic carbocycles. The first-order chi connectivity index (χ1) is 12.8. The molecule has 0 radical (unpaired) electrons. The van der Waals surface area contributed by atoms with Crippen molar-refractivity contribution in [2.24, 2.45) is 0 Å². The van der Waals surface area contributed by atoms with E-state index >= 15 is 0 Å². The second-order valence-electron chi connectivity index (χ2n) is 6.63. The molecule has 1 atom stereocenters. The average Bonchev–Trinajstić information content (AvgIpc) is 3.34. The van der Waals surface area contributed by atoms with E-state index in [2.05, 4.69) is 26.1 Å². The molecule has 0 bridgehead atoms. The van der Waals surface area contributed by atoms with Gasteiger partial charge in [0.05, 0.1) is 24.3 Å². The zero-order chi connectivity index (χ0) is 17.8. The fraction of sp³-hybridized carbons (Fsp3) is 0.300. The van der Waals surface area contributed by atoms with Crippen LogP contribution in [0.5, 0.6) is 0 Å². The van der Waals surface area contributed by atoms with E-state index in [1.54, 1.807) is 12.5 Å². The van der Waals surface area contributed by atoms with Crippen molar-refractivity contribution in [1.29, 1.82) is 0 Å². The van der Waals surface area contributed by atoms with E-state index in [1.165, 1.54) is 11.3 Å². The molecule has 3 heterocycles. The van der Waals surface area contributed by atoms with Crippen LogP contribution in [0.1, 0.15) is 34.1 Å². The van der Waals surface area contributed by atoms with Gasteiger partial charge in [0.15, 0.2) is 0 Å². The Morgan fingerprint density at radius 2 is 2.12 bits per heavy atom. The van der Waals surface area contributed by atoms with Crippen molar-refractivity contribution in [3.05, 3.63) is 78.0 Å². The van der Waals surface area contributed by atoms with Gasteiger partial charge in [-0.3, -0.25) is 14.4 Å². The van der Waals surface area contributed by atoms with Crippen LogP contribution in [0, 0.1) is 0 Å². The second-order valence-corrected chi connectivity index (χ2v) is 6.63. The summed E-state index contributed by atoms with van der Waals surface area (Å²) in [4.78, 5) is 14.6. The van der Waals surface area contributed by atoms with Gasteiger partial charge in [0.2, 0.25) is 0 Å². The van der Waals surface area contributed by atoms with Crippen LogP contribution in [0.4, 0.5) is 0 Å². The molecule has 4 rings (SSSR count). The van der Waals surface area contributed by atoms with Crippen molar-refractivity contribution in [2.75, 3.05) is 13.1 Å². The van der Waals surface area contributed by atoms with Crippen molar-refractivity contribution < 1.29 is 9.21 Å². The van der Waals surface area contributed by atoms with E-state index in [-0.39, 0.29) is 11.9 Å². The van der Waals surface area contributed by atoms with E-state index in [4.69, 9.17) is 4.42 Å². The molecule has 1 N–H and O–H groups in total. The number of rotatable bonds is 6. The van der Waals surface area contributed by atoms with Gasteiger partial charge in [-0.15, -0.1) is 0 Å². The highest BCUT2D eigenvalue weighted by atomic mass is 16.3. The SMILES string of the molecule is O=C(NCC[C@H]1CN(Cc2ccoc2)Cc2ccnn21)c1ccccc1. The van der Waals surface area contributed by atoms with E-state index in [1.807, 2.05) is 42.6 Å². The summed E-state index contributed by atoms with van der Waals surface area (Å²) in [5.41, 5.74) is 3.07. The van der Waals surface area contributed by atoms with Crippen LogP contribution < -0.4 is 5.32 Å². The molecule has 26 heavy (non-hydrogen) atoms. The number of hydrogen-bond donors (Lipinski definition) is 1. The highest BCUT2D eigenvalue weighted by molar-refractivity contribution is 5.94. The van der Waals surface area contributed by atoms with Crippen LogP contribution in [0.2, 0.25) is 0 Å². The highest BCUT2D eigenvalue weighted by Gasteiger charge is 2.25. The monoisotopic (exact) mass is 350 g/mol. The smallest absolute Gasteiger partial charge is 0.251 e.